The Morgan fingerprint density at radius 2 is 1.96 bits per heavy atom. The molecule has 0 spiro atoms. The predicted octanol–water partition coefficient (Wildman–Crippen LogP) is 2.55. The van der Waals surface area contributed by atoms with Crippen molar-refractivity contribution < 1.29 is 14.3 Å². The quantitative estimate of drug-likeness (QED) is 0.745. The minimum atomic E-state index is -0.548. The van der Waals surface area contributed by atoms with Crippen LogP contribution in [-0.4, -0.2) is 32.9 Å². The summed E-state index contributed by atoms with van der Waals surface area (Å²) in [6.07, 6.45) is -0.548. The van der Waals surface area contributed by atoms with E-state index in [2.05, 4.69) is 20.8 Å². The molecule has 0 saturated heterocycles. The normalized spacial score (nSPS) is 15.5. The van der Waals surface area contributed by atoms with Gasteiger partial charge in [0, 0.05) is 5.69 Å². The number of nitrogens with one attached hydrogen (secondary N) is 2. The lowest BCUT2D eigenvalue weighted by atomic mass is 10.2. The summed E-state index contributed by atoms with van der Waals surface area (Å²) in [6.45, 7) is 3.40. The van der Waals surface area contributed by atoms with Gasteiger partial charge in [0.1, 0.15) is 5.75 Å². The van der Waals surface area contributed by atoms with Gasteiger partial charge in [0.05, 0.1) is 17.1 Å². The van der Waals surface area contributed by atoms with Gasteiger partial charge in [-0.05, 0) is 44.2 Å². The molecule has 0 bridgehead atoms. The van der Waals surface area contributed by atoms with Crippen molar-refractivity contribution in [2.24, 2.45) is 0 Å². The number of benzene rings is 2. The number of amides is 2. The second kappa shape index (κ2) is 6.56. The van der Waals surface area contributed by atoms with Crippen LogP contribution in [0.5, 0.6) is 5.75 Å². The first-order valence-corrected chi connectivity index (χ1v) is 8.43. The van der Waals surface area contributed by atoms with Crippen LogP contribution in [0.4, 0.5) is 11.4 Å². The summed E-state index contributed by atoms with van der Waals surface area (Å²) in [5, 5.41) is 14.1. The average Bonchev–Trinajstić information content (AvgIpc) is 3.05. The summed E-state index contributed by atoms with van der Waals surface area (Å²) >= 11 is 0. The van der Waals surface area contributed by atoms with Gasteiger partial charge in [0.25, 0.3) is 11.8 Å². The maximum Gasteiger partial charge on any atom is 0.278 e. The third kappa shape index (κ3) is 3.24. The molecule has 4 rings (SSSR count). The molecular weight excluding hydrogens is 346 g/mol. The lowest BCUT2D eigenvalue weighted by Gasteiger charge is -2.23. The highest BCUT2D eigenvalue weighted by molar-refractivity contribution is 6.04. The number of rotatable bonds is 3. The number of nitrogens with zero attached hydrogens (tertiary/aromatic N) is 3. The van der Waals surface area contributed by atoms with Crippen molar-refractivity contribution in [2.75, 3.05) is 10.6 Å². The highest BCUT2D eigenvalue weighted by atomic mass is 16.5. The molecule has 2 N–H and O–H groups in total. The number of aromatic nitrogens is 3. The van der Waals surface area contributed by atoms with Crippen LogP contribution < -0.4 is 15.4 Å². The third-order valence-corrected chi connectivity index (χ3v) is 4.15. The lowest BCUT2D eigenvalue weighted by Crippen LogP contribution is -2.34. The van der Waals surface area contributed by atoms with Crippen LogP contribution in [0.15, 0.2) is 48.5 Å². The molecular formula is C19H17N5O3. The maximum absolute atomic E-state index is 12.6. The molecule has 27 heavy (non-hydrogen) atoms. The maximum atomic E-state index is 12.6. The van der Waals surface area contributed by atoms with E-state index in [9.17, 15) is 9.59 Å². The number of aryl methyl sites for hydroxylation is 1. The Balaban J connectivity index is 1.56. The summed E-state index contributed by atoms with van der Waals surface area (Å²) in [4.78, 5) is 25.8. The molecule has 0 radical (unpaired) electrons. The number of fused-ring (bicyclic) bond motifs is 1. The third-order valence-electron chi connectivity index (χ3n) is 4.15. The predicted molar refractivity (Wildman–Crippen MR) is 99.2 cm³/mol. The molecule has 2 aromatic carbocycles. The van der Waals surface area contributed by atoms with Crippen LogP contribution >= 0.6 is 0 Å². The number of para-hydroxylation sites is 1. The van der Waals surface area contributed by atoms with Crippen LogP contribution in [0.1, 0.15) is 23.1 Å². The summed E-state index contributed by atoms with van der Waals surface area (Å²) in [5.41, 5.74) is 2.54. The molecule has 8 heteroatoms. The SMILES string of the molecule is Cc1nn(-c2ccccc2)nc1C(=O)Nc1ccc2c(c1)NC(=O)[C@@H](C)O2. The van der Waals surface area contributed by atoms with Crippen LogP contribution in [0.25, 0.3) is 5.69 Å². The summed E-state index contributed by atoms with van der Waals surface area (Å²) < 4.78 is 5.51. The highest BCUT2D eigenvalue weighted by Gasteiger charge is 2.24. The Kier molecular flexibility index (Phi) is 4.08. The van der Waals surface area contributed by atoms with E-state index >= 15 is 0 Å². The number of carbonyl (C=O) groups excluding carboxylic acids is 2. The first-order valence-electron chi connectivity index (χ1n) is 8.43. The van der Waals surface area contributed by atoms with Crippen molar-refractivity contribution in [3.8, 4) is 11.4 Å². The number of hydrogen-bond acceptors (Lipinski definition) is 5. The van der Waals surface area contributed by atoms with Crippen molar-refractivity contribution in [3.05, 3.63) is 59.9 Å². The minimum Gasteiger partial charge on any atom is -0.479 e. The van der Waals surface area contributed by atoms with Crippen LogP contribution in [0.3, 0.4) is 0 Å². The van der Waals surface area contributed by atoms with E-state index in [0.717, 1.165) is 5.69 Å². The Bertz CT molecular complexity index is 1030. The summed E-state index contributed by atoms with van der Waals surface area (Å²) in [6, 6.07) is 14.4. The fourth-order valence-electron chi connectivity index (χ4n) is 2.74. The molecule has 0 saturated carbocycles. The largest absolute Gasteiger partial charge is 0.479 e. The van der Waals surface area contributed by atoms with Crippen molar-refractivity contribution in [1.82, 2.24) is 15.0 Å². The molecule has 0 aliphatic carbocycles. The Morgan fingerprint density at radius 3 is 2.74 bits per heavy atom. The van der Waals surface area contributed by atoms with Gasteiger partial charge < -0.3 is 15.4 Å². The fraction of sp³-hybridized carbons (Fsp3) is 0.158. The molecule has 2 amide bonds. The van der Waals surface area contributed by atoms with Crippen molar-refractivity contribution >= 4 is 23.2 Å². The van der Waals surface area contributed by atoms with E-state index in [1.165, 1.54) is 4.80 Å². The van der Waals surface area contributed by atoms with Crippen molar-refractivity contribution in [1.29, 1.82) is 0 Å². The molecule has 3 aromatic rings. The molecule has 1 aliphatic rings. The minimum absolute atomic E-state index is 0.227. The Morgan fingerprint density at radius 1 is 1.19 bits per heavy atom. The first kappa shape index (κ1) is 16.8. The van der Waals surface area contributed by atoms with Crippen molar-refractivity contribution in [2.45, 2.75) is 20.0 Å². The number of carbonyl (C=O) groups is 2. The molecule has 1 aromatic heterocycles. The fourth-order valence-corrected chi connectivity index (χ4v) is 2.74. The van der Waals surface area contributed by atoms with E-state index < -0.39 is 6.10 Å². The number of hydrogen-bond donors (Lipinski definition) is 2. The zero-order valence-corrected chi connectivity index (χ0v) is 14.8. The Hall–Kier alpha value is -3.68. The molecule has 1 aliphatic heterocycles. The van der Waals surface area contributed by atoms with Gasteiger partial charge in [0.2, 0.25) is 0 Å². The lowest BCUT2D eigenvalue weighted by molar-refractivity contribution is -0.122. The van der Waals surface area contributed by atoms with Gasteiger partial charge in [-0.1, -0.05) is 18.2 Å². The van der Waals surface area contributed by atoms with Gasteiger partial charge in [-0.15, -0.1) is 5.10 Å². The van der Waals surface area contributed by atoms with Gasteiger partial charge in [-0.2, -0.15) is 9.90 Å². The molecule has 136 valence electrons. The van der Waals surface area contributed by atoms with Gasteiger partial charge in [-0.25, -0.2) is 0 Å². The standard InChI is InChI=1S/C19H17N5O3/c1-11-17(23-24(22-11)14-6-4-3-5-7-14)19(26)20-13-8-9-16-15(10-13)21-18(25)12(2)27-16/h3-10,12H,1-2H3,(H,20,26)(H,21,25)/t12-/m1/s1. The molecule has 8 nitrogen and oxygen atoms in total. The Labute approximate surface area is 155 Å². The topological polar surface area (TPSA) is 98.1 Å². The first-order chi connectivity index (χ1) is 13.0. The second-order valence-electron chi connectivity index (χ2n) is 6.17. The van der Waals surface area contributed by atoms with Crippen LogP contribution in [-0.2, 0) is 4.79 Å². The van der Waals surface area contributed by atoms with Crippen molar-refractivity contribution in [3.63, 3.8) is 0 Å². The van der Waals surface area contributed by atoms with Gasteiger partial charge in [0.15, 0.2) is 11.8 Å². The monoisotopic (exact) mass is 363 g/mol. The zero-order valence-electron chi connectivity index (χ0n) is 14.8. The van der Waals surface area contributed by atoms with Gasteiger partial charge >= 0.3 is 0 Å². The zero-order chi connectivity index (χ0) is 19.0. The van der Waals surface area contributed by atoms with Gasteiger partial charge in [-0.3, -0.25) is 9.59 Å². The smallest absolute Gasteiger partial charge is 0.278 e. The van der Waals surface area contributed by atoms with Crippen LogP contribution in [0, 0.1) is 6.92 Å². The van der Waals surface area contributed by atoms with E-state index in [4.69, 9.17) is 4.74 Å². The number of ether oxygens (including phenoxy) is 1. The van der Waals surface area contributed by atoms with E-state index in [1.807, 2.05) is 30.3 Å². The summed E-state index contributed by atoms with van der Waals surface area (Å²) in [7, 11) is 0. The molecule has 1 atom stereocenters. The number of anilines is 2. The second-order valence-corrected chi connectivity index (χ2v) is 6.17. The summed E-state index contributed by atoms with van der Waals surface area (Å²) in [5.74, 6) is -0.0509. The molecule has 2 heterocycles. The molecule has 0 unspecified atom stereocenters. The average molecular weight is 363 g/mol. The molecule has 0 fully saturated rings. The highest BCUT2D eigenvalue weighted by Crippen LogP contribution is 2.32. The van der Waals surface area contributed by atoms with E-state index in [-0.39, 0.29) is 17.5 Å². The van der Waals surface area contributed by atoms with E-state index in [0.29, 0.717) is 22.8 Å². The van der Waals surface area contributed by atoms with E-state index in [1.54, 1.807) is 32.0 Å². The van der Waals surface area contributed by atoms with Crippen LogP contribution in [0.2, 0.25) is 0 Å².